The van der Waals surface area contributed by atoms with Crippen LogP contribution in [0.4, 0.5) is 5.69 Å². The maximum atomic E-state index is 11.7. The van der Waals surface area contributed by atoms with Crippen molar-refractivity contribution in [1.29, 1.82) is 0 Å². The van der Waals surface area contributed by atoms with Crippen LogP contribution in [-0.2, 0) is 4.74 Å². The molecule has 0 atom stereocenters. The van der Waals surface area contributed by atoms with Crippen LogP contribution in [0.2, 0.25) is 0 Å². The van der Waals surface area contributed by atoms with E-state index < -0.39 is 5.97 Å². The fraction of sp³-hybridized carbons (Fsp3) is 0.143. The molecule has 0 saturated carbocycles. The lowest BCUT2D eigenvalue weighted by Gasteiger charge is -2.09. The van der Waals surface area contributed by atoms with E-state index >= 15 is 0 Å². The largest absolute Gasteiger partial charge is 0.462 e. The summed E-state index contributed by atoms with van der Waals surface area (Å²) >= 11 is 1.42. The van der Waals surface area contributed by atoms with Gasteiger partial charge in [0, 0.05) is 11.1 Å². The number of para-hydroxylation sites is 1. The molecule has 1 aromatic heterocycles. The summed E-state index contributed by atoms with van der Waals surface area (Å²) in [6.45, 7) is 2.09. The van der Waals surface area contributed by atoms with Gasteiger partial charge in [-0.15, -0.1) is 0 Å². The molecule has 0 saturated heterocycles. The molecular formula is C14H14N2O2S. The predicted molar refractivity (Wildman–Crippen MR) is 75.2 cm³/mol. The first kappa shape index (κ1) is 13.4. The molecule has 0 radical (unpaired) electrons. The summed E-state index contributed by atoms with van der Waals surface area (Å²) in [5, 5.41) is 0.829. The molecule has 1 aromatic carbocycles. The minimum Gasteiger partial charge on any atom is -0.462 e. The zero-order valence-electron chi connectivity index (χ0n) is 10.5. The number of carbonyl (C=O) groups is 1. The Morgan fingerprint density at radius 1 is 1.32 bits per heavy atom. The van der Waals surface area contributed by atoms with Crippen molar-refractivity contribution in [3.05, 3.63) is 48.2 Å². The average molecular weight is 274 g/mol. The van der Waals surface area contributed by atoms with Crippen LogP contribution in [0.5, 0.6) is 0 Å². The van der Waals surface area contributed by atoms with Crippen LogP contribution in [0.15, 0.2) is 52.5 Å². The van der Waals surface area contributed by atoms with E-state index in [4.69, 9.17) is 10.5 Å². The fourth-order valence-corrected chi connectivity index (χ4v) is 2.39. The Morgan fingerprint density at radius 3 is 2.84 bits per heavy atom. The number of nitrogens with two attached hydrogens (primary N) is 1. The predicted octanol–water partition coefficient (Wildman–Crippen LogP) is 2.99. The number of esters is 1. The second-order valence-electron chi connectivity index (χ2n) is 3.71. The smallest absolute Gasteiger partial charge is 0.340 e. The van der Waals surface area contributed by atoms with Gasteiger partial charge < -0.3 is 10.5 Å². The van der Waals surface area contributed by atoms with E-state index in [0.29, 0.717) is 17.9 Å². The molecule has 2 aromatic rings. The van der Waals surface area contributed by atoms with Gasteiger partial charge in [0.25, 0.3) is 0 Å². The molecule has 2 N–H and O–H groups in total. The molecule has 1 heterocycles. The monoisotopic (exact) mass is 274 g/mol. The third-order valence-electron chi connectivity index (χ3n) is 2.41. The summed E-state index contributed by atoms with van der Waals surface area (Å²) < 4.78 is 4.97. The number of hydrogen-bond donors (Lipinski definition) is 1. The van der Waals surface area contributed by atoms with E-state index in [1.54, 1.807) is 25.3 Å². The van der Waals surface area contributed by atoms with E-state index in [0.717, 1.165) is 9.92 Å². The van der Waals surface area contributed by atoms with Gasteiger partial charge in [0.2, 0.25) is 0 Å². The Kier molecular flexibility index (Phi) is 4.41. The highest BCUT2D eigenvalue weighted by molar-refractivity contribution is 7.99. The number of aromatic nitrogens is 1. The van der Waals surface area contributed by atoms with Crippen molar-refractivity contribution >= 4 is 23.4 Å². The molecule has 0 fully saturated rings. The Morgan fingerprint density at radius 2 is 2.16 bits per heavy atom. The molecule has 98 valence electrons. The highest BCUT2D eigenvalue weighted by Gasteiger charge is 2.14. The Bertz CT molecular complexity index is 573. The zero-order chi connectivity index (χ0) is 13.7. The van der Waals surface area contributed by atoms with Crippen molar-refractivity contribution in [3.63, 3.8) is 0 Å². The fourth-order valence-electron chi connectivity index (χ4n) is 1.54. The van der Waals surface area contributed by atoms with Crippen molar-refractivity contribution in [2.75, 3.05) is 12.3 Å². The van der Waals surface area contributed by atoms with E-state index in [9.17, 15) is 4.79 Å². The van der Waals surface area contributed by atoms with E-state index in [-0.39, 0.29) is 0 Å². The number of nitrogen functional groups attached to an aromatic ring is 1. The first-order valence-corrected chi connectivity index (χ1v) is 6.68. The molecule has 0 bridgehead atoms. The van der Waals surface area contributed by atoms with Gasteiger partial charge in [-0.25, -0.2) is 9.78 Å². The van der Waals surface area contributed by atoms with Gasteiger partial charge >= 0.3 is 5.97 Å². The normalized spacial score (nSPS) is 10.2. The van der Waals surface area contributed by atoms with Gasteiger partial charge in [-0.1, -0.05) is 23.9 Å². The molecule has 4 nitrogen and oxygen atoms in total. The van der Waals surface area contributed by atoms with Crippen LogP contribution in [0.3, 0.4) is 0 Å². The number of carbonyl (C=O) groups excluding carboxylic acids is 1. The second-order valence-corrected chi connectivity index (χ2v) is 4.77. The molecule has 19 heavy (non-hydrogen) atoms. The van der Waals surface area contributed by atoms with Crippen LogP contribution in [-0.4, -0.2) is 17.6 Å². The molecule has 0 aliphatic heterocycles. The van der Waals surface area contributed by atoms with Crippen molar-refractivity contribution in [2.45, 2.75) is 16.8 Å². The lowest BCUT2D eigenvalue weighted by molar-refractivity contribution is 0.0527. The summed E-state index contributed by atoms with van der Waals surface area (Å²) in [4.78, 5) is 16.8. The summed E-state index contributed by atoms with van der Waals surface area (Å²) in [5.74, 6) is -0.400. The van der Waals surface area contributed by atoms with Crippen molar-refractivity contribution in [3.8, 4) is 0 Å². The molecule has 0 aliphatic rings. The average Bonchev–Trinajstić information content (AvgIpc) is 2.42. The van der Waals surface area contributed by atoms with Crippen LogP contribution in [0.1, 0.15) is 17.3 Å². The Balaban J connectivity index is 2.27. The molecule has 0 spiro atoms. The van der Waals surface area contributed by atoms with Gasteiger partial charge in [0.05, 0.1) is 17.9 Å². The molecule has 2 rings (SSSR count). The molecular weight excluding hydrogens is 260 g/mol. The minimum absolute atomic E-state index is 0.329. The number of hydrogen-bond acceptors (Lipinski definition) is 5. The van der Waals surface area contributed by atoms with Crippen LogP contribution in [0, 0.1) is 0 Å². The first-order chi connectivity index (χ1) is 9.22. The van der Waals surface area contributed by atoms with Gasteiger partial charge in [0.1, 0.15) is 5.03 Å². The van der Waals surface area contributed by atoms with Gasteiger partial charge in [0.15, 0.2) is 0 Å². The molecule has 0 aliphatic carbocycles. The van der Waals surface area contributed by atoms with Crippen LogP contribution in [0.25, 0.3) is 0 Å². The minimum atomic E-state index is -0.400. The number of ether oxygens (including phenoxy) is 1. The second kappa shape index (κ2) is 6.24. The number of pyridine rings is 1. The Labute approximate surface area is 116 Å². The van der Waals surface area contributed by atoms with Gasteiger partial charge in [-0.2, -0.15) is 0 Å². The topological polar surface area (TPSA) is 65.2 Å². The molecule has 0 amide bonds. The maximum absolute atomic E-state index is 11.7. The number of nitrogens with zero attached hydrogens (tertiary/aromatic N) is 1. The summed E-state index contributed by atoms with van der Waals surface area (Å²) in [6.07, 6.45) is 1.72. The van der Waals surface area contributed by atoms with Crippen molar-refractivity contribution in [1.82, 2.24) is 4.98 Å². The lowest BCUT2D eigenvalue weighted by Crippen LogP contribution is -2.08. The maximum Gasteiger partial charge on any atom is 0.340 e. The van der Waals surface area contributed by atoms with Crippen LogP contribution >= 0.6 is 11.8 Å². The highest BCUT2D eigenvalue weighted by atomic mass is 32.2. The number of benzene rings is 1. The standard InChI is InChI=1S/C14H14N2O2S/c1-2-18-14(17)10-6-5-7-11(13(10)15)19-12-8-3-4-9-16-12/h3-9H,2,15H2,1H3. The first-order valence-electron chi connectivity index (χ1n) is 5.87. The van der Waals surface area contributed by atoms with E-state index in [1.165, 1.54) is 11.8 Å². The summed E-state index contributed by atoms with van der Waals surface area (Å²) in [7, 11) is 0. The molecule has 0 unspecified atom stereocenters. The van der Waals surface area contributed by atoms with E-state index in [1.807, 2.05) is 24.3 Å². The van der Waals surface area contributed by atoms with Crippen molar-refractivity contribution < 1.29 is 9.53 Å². The third kappa shape index (κ3) is 3.26. The van der Waals surface area contributed by atoms with Gasteiger partial charge in [-0.3, -0.25) is 0 Å². The number of rotatable bonds is 4. The highest BCUT2D eigenvalue weighted by Crippen LogP contribution is 2.32. The lowest BCUT2D eigenvalue weighted by atomic mass is 10.2. The van der Waals surface area contributed by atoms with E-state index in [2.05, 4.69) is 4.98 Å². The molecule has 5 heteroatoms. The Hall–Kier alpha value is -2.01. The third-order valence-corrected chi connectivity index (χ3v) is 3.44. The summed E-state index contributed by atoms with van der Waals surface area (Å²) in [6, 6.07) is 10.9. The van der Waals surface area contributed by atoms with Crippen molar-refractivity contribution in [2.24, 2.45) is 0 Å². The van der Waals surface area contributed by atoms with Gasteiger partial charge in [-0.05, 0) is 31.2 Å². The summed E-state index contributed by atoms with van der Waals surface area (Å²) in [5.41, 5.74) is 6.83. The quantitative estimate of drug-likeness (QED) is 0.686. The number of anilines is 1. The SMILES string of the molecule is CCOC(=O)c1cccc(Sc2ccccn2)c1N. The van der Waals surface area contributed by atoms with Crippen LogP contribution < -0.4 is 5.73 Å². The zero-order valence-corrected chi connectivity index (χ0v) is 11.3.